The van der Waals surface area contributed by atoms with Crippen molar-refractivity contribution in [3.8, 4) is 5.75 Å². The number of piperazine rings is 1. The first-order chi connectivity index (χ1) is 13.3. The van der Waals surface area contributed by atoms with Gasteiger partial charge in [-0.05, 0) is 24.1 Å². The first kappa shape index (κ1) is 19.9. The minimum atomic E-state index is -0.314. The van der Waals surface area contributed by atoms with Crippen LogP contribution in [0, 0.1) is 0 Å². The normalized spacial score (nSPS) is 18.1. The summed E-state index contributed by atoms with van der Waals surface area (Å²) >= 11 is 0. The Kier molecular flexibility index (Phi) is 7.69. The maximum Gasteiger partial charge on any atom is 0.119 e. The van der Waals surface area contributed by atoms with Gasteiger partial charge in [0.15, 0.2) is 0 Å². The van der Waals surface area contributed by atoms with Crippen LogP contribution in [-0.2, 0) is 0 Å². The molecule has 27 heavy (non-hydrogen) atoms. The molecule has 4 heteroatoms. The molecule has 1 heterocycles. The van der Waals surface area contributed by atoms with Gasteiger partial charge in [0.25, 0.3) is 0 Å². The summed E-state index contributed by atoms with van der Waals surface area (Å²) in [7, 11) is 0. The Hall–Kier alpha value is -1.88. The fraction of sp³-hybridized carbons (Fsp3) is 0.478. The monoisotopic (exact) mass is 368 g/mol. The molecule has 2 aromatic carbocycles. The van der Waals surface area contributed by atoms with Gasteiger partial charge in [0.1, 0.15) is 12.4 Å². The summed E-state index contributed by atoms with van der Waals surface area (Å²) in [6.07, 6.45) is 1.52. The topological polar surface area (TPSA) is 35.9 Å². The van der Waals surface area contributed by atoms with Gasteiger partial charge in [-0.1, -0.05) is 61.9 Å². The van der Waals surface area contributed by atoms with E-state index in [1.165, 1.54) is 5.56 Å². The van der Waals surface area contributed by atoms with Gasteiger partial charge in [-0.2, -0.15) is 0 Å². The molecule has 1 aliphatic heterocycles. The van der Waals surface area contributed by atoms with Crippen LogP contribution < -0.4 is 4.74 Å². The lowest BCUT2D eigenvalue weighted by atomic mass is 9.96. The van der Waals surface area contributed by atoms with E-state index in [1.807, 2.05) is 36.4 Å². The lowest BCUT2D eigenvalue weighted by molar-refractivity contribution is 0.0114. The maximum absolute atomic E-state index is 10.8. The zero-order valence-corrected chi connectivity index (χ0v) is 16.3. The third kappa shape index (κ3) is 5.80. The molecule has 0 bridgehead atoms. The number of aliphatic hydroxyl groups is 1. The zero-order valence-electron chi connectivity index (χ0n) is 16.3. The molecule has 1 N–H and O–H groups in total. The molecule has 0 radical (unpaired) electrons. The molecular formula is C23H32N2O2. The van der Waals surface area contributed by atoms with E-state index in [1.54, 1.807) is 0 Å². The van der Waals surface area contributed by atoms with Gasteiger partial charge in [-0.25, -0.2) is 0 Å². The molecule has 0 aliphatic carbocycles. The number of ether oxygens (including phenoxy) is 1. The molecule has 2 unspecified atom stereocenters. The molecule has 4 nitrogen and oxygen atoms in total. The van der Waals surface area contributed by atoms with E-state index < -0.39 is 0 Å². The van der Waals surface area contributed by atoms with Crippen molar-refractivity contribution in [3.05, 3.63) is 66.2 Å². The number of hydrogen-bond donors (Lipinski definition) is 1. The van der Waals surface area contributed by atoms with E-state index in [4.69, 9.17) is 4.74 Å². The van der Waals surface area contributed by atoms with Crippen molar-refractivity contribution in [2.75, 3.05) is 39.3 Å². The Bertz CT molecular complexity index is 642. The molecule has 0 aromatic heterocycles. The molecule has 0 amide bonds. The van der Waals surface area contributed by atoms with Gasteiger partial charge in [-0.3, -0.25) is 9.80 Å². The number of para-hydroxylation sites is 1. The predicted octanol–water partition coefficient (Wildman–Crippen LogP) is 3.59. The van der Waals surface area contributed by atoms with Gasteiger partial charge in [0, 0.05) is 32.7 Å². The molecule has 146 valence electrons. The third-order valence-corrected chi connectivity index (χ3v) is 5.31. The van der Waals surface area contributed by atoms with Crippen molar-refractivity contribution in [2.24, 2.45) is 0 Å². The predicted molar refractivity (Wildman–Crippen MR) is 110 cm³/mol. The van der Waals surface area contributed by atoms with Crippen LogP contribution in [0.3, 0.4) is 0 Å². The summed E-state index contributed by atoms with van der Waals surface area (Å²) in [4.78, 5) is 4.90. The maximum atomic E-state index is 10.8. The number of benzene rings is 2. The highest BCUT2D eigenvalue weighted by Crippen LogP contribution is 2.28. The van der Waals surface area contributed by atoms with Crippen molar-refractivity contribution in [1.29, 1.82) is 0 Å². The van der Waals surface area contributed by atoms with E-state index in [9.17, 15) is 5.11 Å². The van der Waals surface area contributed by atoms with Gasteiger partial charge < -0.3 is 9.84 Å². The molecule has 1 aliphatic rings. The van der Waals surface area contributed by atoms with Crippen LogP contribution in [0.25, 0.3) is 0 Å². The molecule has 1 saturated heterocycles. The summed E-state index contributed by atoms with van der Waals surface area (Å²) in [5.74, 6) is 0.933. The quantitative estimate of drug-likeness (QED) is 0.734. The number of nitrogens with zero attached hydrogens (tertiary/aromatic N) is 2. The molecular weight excluding hydrogens is 336 g/mol. The van der Waals surface area contributed by atoms with Crippen LogP contribution in [0.5, 0.6) is 5.75 Å². The summed E-state index contributed by atoms with van der Waals surface area (Å²) in [5.41, 5.74) is 1.22. The molecule has 3 rings (SSSR count). The lowest BCUT2D eigenvalue weighted by Gasteiger charge is -2.41. The van der Waals surface area contributed by atoms with Gasteiger partial charge in [0.05, 0.1) is 12.1 Å². The fourth-order valence-corrected chi connectivity index (χ4v) is 3.85. The molecule has 2 atom stereocenters. The van der Waals surface area contributed by atoms with Crippen LogP contribution in [-0.4, -0.2) is 60.3 Å². The molecule has 1 fully saturated rings. The fourth-order valence-electron chi connectivity index (χ4n) is 3.85. The van der Waals surface area contributed by atoms with Gasteiger partial charge >= 0.3 is 0 Å². The first-order valence-corrected chi connectivity index (χ1v) is 10.1. The Morgan fingerprint density at radius 2 is 1.56 bits per heavy atom. The second-order valence-electron chi connectivity index (χ2n) is 7.25. The SMILES string of the molecule is CCCC(O)C(c1ccccc1)N1CCN(CCOc2ccccc2)CC1. The zero-order chi connectivity index (χ0) is 18.9. The third-order valence-electron chi connectivity index (χ3n) is 5.31. The van der Waals surface area contributed by atoms with Crippen molar-refractivity contribution in [1.82, 2.24) is 9.80 Å². The smallest absolute Gasteiger partial charge is 0.119 e. The van der Waals surface area contributed by atoms with Crippen molar-refractivity contribution in [3.63, 3.8) is 0 Å². The summed E-state index contributed by atoms with van der Waals surface area (Å²) in [5, 5.41) is 10.8. The highest BCUT2D eigenvalue weighted by molar-refractivity contribution is 5.21. The van der Waals surface area contributed by atoms with Crippen LogP contribution in [0.15, 0.2) is 60.7 Å². The number of aliphatic hydroxyl groups excluding tert-OH is 1. The standard InChI is InChI=1S/C23H32N2O2/c1-2-9-22(26)23(20-10-5-3-6-11-20)25-16-14-24(15-17-25)18-19-27-21-12-7-4-8-13-21/h3-8,10-13,22-23,26H,2,9,14-19H2,1H3. The lowest BCUT2D eigenvalue weighted by Crippen LogP contribution is -2.50. The summed E-state index contributed by atoms with van der Waals surface area (Å²) < 4.78 is 5.83. The highest BCUT2D eigenvalue weighted by atomic mass is 16.5. The van der Waals surface area contributed by atoms with Gasteiger partial charge in [-0.15, -0.1) is 0 Å². The second kappa shape index (κ2) is 10.5. The number of hydrogen-bond acceptors (Lipinski definition) is 4. The molecule has 2 aromatic rings. The average Bonchev–Trinajstić information content (AvgIpc) is 2.71. The largest absolute Gasteiger partial charge is 0.492 e. The van der Waals surface area contributed by atoms with E-state index in [2.05, 4.69) is 41.0 Å². The van der Waals surface area contributed by atoms with Crippen LogP contribution in [0.4, 0.5) is 0 Å². The Labute approximate surface area is 163 Å². The van der Waals surface area contributed by atoms with E-state index in [0.29, 0.717) is 6.61 Å². The Morgan fingerprint density at radius 3 is 2.19 bits per heavy atom. The van der Waals surface area contributed by atoms with E-state index in [0.717, 1.165) is 51.3 Å². The average molecular weight is 369 g/mol. The van der Waals surface area contributed by atoms with Crippen molar-refractivity contribution >= 4 is 0 Å². The summed E-state index contributed by atoms with van der Waals surface area (Å²) in [6, 6.07) is 20.5. The van der Waals surface area contributed by atoms with Crippen molar-refractivity contribution < 1.29 is 9.84 Å². The van der Waals surface area contributed by atoms with E-state index in [-0.39, 0.29) is 12.1 Å². The Morgan fingerprint density at radius 1 is 0.926 bits per heavy atom. The minimum absolute atomic E-state index is 0.0915. The van der Waals surface area contributed by atoms with Crippen molar-refractivity contribution in [2.45, 2.75) is 31.9 Å². The van der Waals surface area contributed by atoms with Crippen LogP contribution in [0.1, 0.15) is 31.4 Å². The van der Waals surface area contributed by atoms with E-state index >= 15 is 0 Å². The minimum Gasteiger partial charge on any atom is -0.492 e. The van der Waals surface area contributed by atoms with Gasteiger partial charge in [0.2, 0.25) is 0 Å². The first-order valence-electron chi connectivity index (χ1n) is 10.1. The summed E-state index contributed by atoms with van der Waals surface area (Å²) in [6.45, 7) is 7.77. The van der Waals surface area contributed by atoms with Crippen LogP contribution >= 0.6 is 0 Å². The second-order valence-corrected chi connectivity index (χ2v) is 7.25. The van der Waals surface area contributed by atoms with Crippen LogP contribution in [0.2, 0.25) is 0 Å². The Balaban J connectivity index is 1.51. The number of rotatable bonds is 9. The highest BCUT2D eigenvalue weighted by Gasteiger charge is 2.29. The molecule has 0 spiro atoms. The molecule has 0 saturated carbocycles.